The molecule has 0 aliphatic heterocycles. The number of carbonyl (C=O) groups is 1. The molecule has 10 heteroatoms. The smallest absolute Gasteiger partial charge is 0.407 e. The van der Waals surface area contributed by atoms with Gasteiger partial charge in [0.15, 0.2) is 0 Å². The number of ether oxygens (including phenoxy) is 4. The first-order chi connectivity index (χ1) is 15.4. The second kappa shape index (κ2) is 22.6. The van der Waals surface area contributed by atoms with Gasteiger partial charge in [0.05, 0.1) is 33.0 Å². The van der Waals surface area contributed by atoms with Crippen LogP contribution in [0.1, 0.15) is 53.9 Å². The molecule has 0 spiro atoms. The number of alkyl carbamates (subject to hydrolysis) is 1. The van der Waals surface area contributed by atoms with Crippen LogP contribution in [0.2, 0.25) is 0 Å². The molecule has 0 rings (SSSR count). The molecule has 0 aromatic heterocycles. The van der Waals surface area contributed by atoms with E-state index in [-0.39, 0.29) is 10.2 Å². The van der Waals surface area contributed by atoms with Gasteiger partial charge in [0.1, 0.15) is 5.44 Å². The molecule has 1 amide bonds. The standard InChI is InChI=1S/C22H47N3O5S2/c1-6-23-11-8-9-14-29-20(3)31-32-22(4,5)10-15-30-21(26)25-13-17-28-19-18-27-16-12-24-7-2/h20,23-24H,6-19H2,1-5H3,(H,25,26). The van der Waals surface area contributed by atoms with Crippen molar-refractivity contribution in [1.82, 2.24) is 16.0 Å². The topological polar surface area (TPSA) is 90.1 Å². The molecule has 3 N–H and O–H groups in total. The number of hydrogen-bond acceptors (Lipinski definition) is 9. The van der Waals surface area contributed by atoms with Gasteiger partial charge < -0.3 is 34.9 Å². The highest BCUT2D eigenvalue weighted by atomic mass is 33.1. The summed E-state index contributed by atoms with van der Waals surface area (Å²) in [4.78, 5) is 11.8. The third-order valence-electron chi connectivity index (χ3n) is 4.26. The number of carbonyl (C=O) groups excluding carboxylic acids is 1. The Hall–Kier alpha value is -0.230. The summed E-state index contributed by atoms with van der Waals surface area (Å²) in [7, 11) is 3.51. The first kappa shape index (κ1) is 31.8. The highest BCUT2D eigenvalue weighted by molar-refractivity contribution is 8.77. The molecule has 0 radical (unpaired) electrons. The van der Waals surface area contributed by atoms with Crippen LogP contribution in [0.15, 0.2) is 0 Å². The van der Waals surface area contributed by atoms with Gasteiger partial charge >= 0.3 is 6.09 Å². The van der Waals surface area contributed by atoms with Crippen LogP contribution in [-0.4, -0.2) is 88.6 Å². The van der Waals surface area contributed by atoms with Crippen LogP contribution in [0.4, 0.5) is 4.79 Å². The minimum Gasteiger partial charge on any atom is -0.450 e. The van der Waals surface area contributed by atoms with Gasteiger partial charge in [0, 0.05) is 24.4 Å². The number of nitrogens with one attached hydrogen (secondary N) is 3. The summed E-state index contributed by atoms with van der Waals surface area (Å²) in [5.74, 6) is 0. The van der Waals surface area contributed by atoms with E-state index in [1.54, 1.807) is 21.6 Å². The third-order valence-corrected chi connectivity index (χ3v) is 7.87. The number of amides is 1. The molecule has 0 aliphatic carbocycles. The Morgan fingerprint density at radius 3 is 2.22 bits per heavy atom. The SMILES string of the molecule is CCNCCCCOC(C)SSC(C)(C)CCOC(=O)NCCOCCOCCNCC. The van der Waals surface area contributed by atoms with Crippen molar-refractivity contribution in [2.45, 2.75) is 64.1 Å². The van der Waals surface area contributed by atoms with E-state index in [9.17, 15) is 4.79 Å². The molecular formula is C22H47N3O5S2. The summed E-state index contributed by atoms with van der Waals surface area (Å²) in [6.45, 7) is 18.2. The van der Waals surface area contributed by atoms with E-state index < -0.39 is 6.09 Å². The van der Waals surface area contributed by atoms with Gasteiger partial charge in [-0.2, -0.15) is 0 Å². The minimum absolute atomic E-state index is 0.0105. The van der Waals surface area contributed by atoms with Crippen molar-refractivity contribution >= 4 is 27.7 Å². The van der Waals surface area contributed by atoms with E-state index in [1.165, 1.54) is 0 Å². The zero-order valence-electron chi connectivity index (χ0n) is 20.8. The van der Waals surface area contributed by atoms with E-state index >= 15 is 0 Å². The Morgan fingerprint density at radius 1 is 0.875 bits per heavy atom. The van der Waals surface area contributed by atoms with Crippen LogP contribution in [-0.2, 0) is 18.9 Å². The lowest BCUT2D eigenvalue weighted by Gasteiger charge is -2.24. The van der Waals surface area contributed by atoms with Gasteiger partial charge in [0.2, 0.25) is 0 Å². The molecule has 1 unspecified atom stereocenters. The largest absolute Gasteiger partial charge is 0.450 e. The summed E-state index contributed by atoms with van der Waals surface area (Å²) in [5, 5.41) is 9.21. The number of unbranched alkanes of at least 4 members (excludes halogenated alkanes) is 1. The summed E-state index contributed by atoms with van der Waals surface area (Å²) in [5.41, 5.74) is 0.140. The predicted octanol–water partition coefficient (Wildman–Crippen LogP) is 3.66. The van der Waals surface area contributed by atoms with E-state index in [1.807, 2.05) is 0 Å². The average molecular weight is 498 g/mol. The van der Waals surface area contributed by atoms with E-state index in [0.29, 0.717) is 39.6 Å². The Bertz CT molecular complexity index is 434. The molecule has 8 nitrogen and oxygen atoms in total. The molecule has 32 heavy (non-hydrogen) atoms. The zero-order valence-corrected chi connectivity index (χ0v) is 22.5. The van der Waals surface area contributed by atoms with E-state index in [2.05, 4.69) is 50.6 Å². The molecule has 0 fully saturated rings. The first-order valence-corrected chi connectivity index (χ1v) is 14.1. The maximum Gasteiger partial charge on any atom is 0.407 e. The van der Waals surface area contributed by atoms with E-state index in [0.717, 1.165) is 52.0 Å². The highest BCUT2D eigenvalue weighted by Crippen LogP contribution is 2.40. The summed E-state index contributed by atoms with van der Waals surface area (Å²) in [6, 6.07) is 0. The Morgan fingerprint density at radius 2 is 1.53 bits per heavy atom. The van der Waals surface area contributed by atoms with Gasteiger partial charge in [-0.1, -0.05) is 35.4 Å². The van der Waals surface area contributed by atoms with Gasteiger partial charge in [-0.15, -0.1) is 0 Å². The van der Waals surface area contributed by atoms with Crippen molar-refractivity contribution in [2.24, 2.45) is 0 Å². The Labute approximate surface area is 203 Å². The average Bonchev–Trinajstić information content (AvgIpc) is 2.76. The quantitative estimate of drug-likeness (QED) is 0.111. The monoisotopic (exact) mass is 497 g/mol. The number of hydrogen-bond donors (Lipinski definition) is 3. The van der Waals surface area contributed by atoms with Gasteiger partial charge in [-0.05, 0) is 59.7 Å². The third kappa shape index (κ3) is 22.9. The maximum atomic E-state index is 11.8. The molecule has 0 bridgehead atoms. The maximum absolute atomic E-state index is 11.8. The fraction of sp³-hybridized carbons (Fsp3) is 0.955. The normalized spacial score (nSPS) is 12.7. The van der Waals surface area contributed by atoms with Crippen LogP contribution in [0.5, 0.6) is 0 Å². The second-order valence-corrected chi connectivity index (χ2v) is 11.0. The minimum atomic E-state index is -0.404. The van der Waals surface area contributed by atoms with Crippen molar-refractivity contribution in [1.29, 1.82) is 0 Å². The molecular weight excluding hydrogens is 450 g/mol. The van der Waals surface area contributed by atoms with Crippen molar-refractivity contribution < 1.29 is 23.7 Å². The molecule has 192 valence electrons. The highest BCUT2D eigenvalue weighted by Gasteiger charge is 2.21. The van der Waals surface area contributed by atoms with Crippen LogP contribution in [0.3, 0.4) is 0 Å². The first-order valence-electron chi connectivity index (χ1n) is 11.8. The molecule has 1 atom stereocenters. The fourth-order valence-electron chi connectivity index (χ4n) is 2.35. The summed E-state index contributed by atoms with van der Waals surface area (Å²) in [6.07, 6.45) is 2.58. The number of likely N-dealkylation sites (N-methyl/N-ethyl adjacent to an activating group) is 1. The lowest BCUT2D eigenvalue weighted by atomic mass is 10.1. The lowest BCUT2D eigenvalue weighted by molar-refractivity contribution is 0.0494. The van der Waals surface area contributed by atoms with E-state index in [4.69, 9.17) is 18.9 Å². The number of rotatable bonds is 23. The predicted molar refractivity (Wildman–Crippen MR) is 137 cm³/mol. The molecule has 0 aliphatic rings. The molecule has 0 aromatic rings. The summed E-state index contributed by atoms with van der Waals surface area (Å²) >= 11 is 0. The van der Waals surface area contributed by atoms with Crippen LogP contribution in [0.25, 0.3) is 0 Å². The van der Waals surface area contributed by atoms with Crippen LogP contribution >= 0.6 is 21.6 Å². The lowest BCUT2D eigenvalue weighted by Crippen LogP contribution is -2.29. The zero-order chi connectivity index (χ0) is 23.9. The Kier molecular flexibility index (Phi) is 22.4. The van der Waals surface area contributed by atoms with Crippen LogP contribution < -0.4 is 16.0 Å². The molecule has 0 saturated heterocycles. The Balaban J connectivity index is 3.59. The summed E-state index contributed by atoms with van der Waals surface area (Å²) < 4.78 is 22.0. The van der Waals surface area contributed by atoms with Crippen molar-refractivity contribution in [3.63, 3.8) is 0 Å². The van der Waals surface area contributed by atoms with Crippen molar-refractivity contribution in [3.8, 4) is 0 Å². The molecule has 0 heterocycles. The molecule has 0 aromatic carbocycles. The van der Waals surface area contributed by atoms with Crippen molar-refractivity contribution in [2.75, 3.05) is 72.4 Å². The van der Waals surface area contributed by atoms with Crippen LogP contribution in [0, 0.1) is 0 Å². The van der Waals surface area contributed by atoms with Gasteiger partial charge in [-0.3, -0.25) is 0 Å². The van der Waals surface area contributed by atoms with Gasteiger partial charge in [-0.25, -0.2) is 4.79 Å². The van der Waals surface area contributed by atoms with Gasteiger partial charge in [0.25, 0.3) is 0 Å². The second-order valence-electron chi connectivity index (χ2n) is 7.83. The fourth-order valence-corrected chi connectivity index (χ4v) is 4.67. The van der Waals surface area contributed by atoms with Crippen molar-refractivity contribution in [3.05, 3.63) is 0 Å². The molecule has 0 saturated carbocycles.